The lowest BCUT2D eigenvalue weighted by Gasteiger charge is -2.49. The van der Waals surface area contributed by atoms with E-state index in [1.54, 1.807) is 0 Å². The maximum absolute atomic E-state index is 11.5. The lowest BCUT2D eigenvalue weighted by atomic mass is 9.95. The van der Waals surface area contributed by atoms with Crippen molar-refractivity contribution in [2.24, 2.45) is 5.73 Å². The molecule has 2 rings (SSSR count). The Morgan fingerprint density at radius 1 is 1.41 bits per heavy atom. The average molecular weight is 239 g/mol. The molecular weight excluding hydrogens is 214 g/mol. The lowest BCUT2D eigenvalue weighted by molar-refractivity contribution is -0.126. The second kappa shape index (κ2) is 5.36. The SMILES string of the molecule is CCC(C(N)=O)N1CC2CCCCN2CC1C. The lowest BCUT2D eigenvalue weighted by Crippen LogP contribution is -2.62. The van der Waals surface area contributed by atoms with Gasteiger partial charge >= 0.3 is 0 Å². The third-order valence-electron chi connectivity index (χ3n) is 4.35. The molecule has 3 atom stereocenters. The number of fused-ring (bicyclic) bond motifs is 1. The van der Waals surface area contributed by atoms with Gasteiger partial charge in [-0.05, 0) is 32.7 Å². The van der Waals surface area contributed by atoms with Crippen LogP contribution in [0.5, 0.6) is 0 Å². The summed E-state index contributed by atoms with van der Waals surface area (Å²) in [5, 5.41) is 0. The fourth-order valence-electron chi connectivity index (χ4n) is 3.41. The van der Waals surface area contributed by atoms with Crippen LogP contribution < -0.4 is 5.73 Å². The zero-order valence-electron chi connectivity index (χ0n) is 11.1. The predicted octanol–water partition coefficient (Wildman–Crippen LogP) is 0.809. The third kappa shape index (κ3) is 2.63. The molecule has 4 heteroatoms. The summed E-state index contributed by atoms with van der Waals surface area (Å²) in [5.74, 6) is -0.163. The van der Waals surface area contributed by atoms with Gasteiger partial charge in [0.1, 0.15) is 0 Å². The minimum absolute atomic E-state index is 0.0749. The van der Waals surface area contributed by atoms with Crippen molar-refractivity contribution in [3.63, 3.8) is 0 Å². The van der Waals surface area contributed by atoms with Crippen molar-refractivity contribution in [1.82, 2.24) is 9.80 Å². The smallest absolute Gasteiger partial charge is 0.234 e. The topological polar surface area (TPSA) is 49.6 Å². The van der Waals surface area contributed by atoms with Crippen LogP contribution in [0.2, 0.25) is 0 Å². The molecule has 0 aromatic heterocycles. The van der Waals surface area contributed by atoms with E-state index in [1.165, 1.54) is 25.8 Å². The van der Waals surface area contributed by atoms with Gasteiger partial charge in [0.2, 0.25) is 5.91 Å². The highest BCUT2D eigenvalue weighted by molar-refractivity contribution is 5.79. The van der Waals surface area contributed by atoms with E-state index in [0.717, 1.165) is 19.5 Å². The van der Waals surface area contributed by atoms with Crippen molar-refractivity contribution < 1.29 is 4.79 Å². The third-order valence-corrected chi connectivity index (χ3v) is 4.35. The van der Waals surface area contributed by atoms with Crippen molar-refractivity contribution in [3.05, 3.63) is 0 Å². The Labute approximate surface area is 104 Å². The Kier molecular flexibility index (Phi) is 4.05. The van der Waals surface area contributed by atoms with Gasteiger partial charge in [0.25, 0.3) is 0 Å². The van der Waals surface area contributed by atoms with Crippen LogP contribution in [-0.2, 0) is 4.79 Å². The summed E-state index contributed by atoms with van der Waals surface area (Å²) < 4.78 is 0. The van der Waals surface area contributed by atoms with E-state index in [2.05, 4.69) is 23.6 Å². The van der Waals surface area contributed by atoms with Crippen LogP contribution in [0.1, 0.15) is 39.5 Å². The van der Waals surface area contributed by atoms with E-state index >= 15 is 0 Å². The average Bonchev–Trinajstić information content (AvgIpc) is 2.30. The number of piperidine rings is 1. The van der Waals surface area contributed by atoms with Gasteiger partial charge in [0.05, 0.1) is 6.04 Å². The minimum Gasteiger partial charge on any atom is -0.368 e. The Hall–Kier alpha value is -0.610. The van der Waals surface area contributed by atoms with E-state index in [4.69, 9.17) is 5.73 Å². The first-order valence-corrected chi connectivity index (χ1v) is 6.92. The van der Waals surface area contributed by atoms with E-state index in [-0.39, 0.29) is 11.9 Å². The molecule has 0 saturated carbocycles. The van der Waals surface area contributed by atoms with Gasteiger partial charge in [-0.3, -0.25) is 14.6 Å². The number of piperazine rings is 1. The van der Waals surface area contributed by atoms with E-state index in [1.807, 2.05) is 0 Å². The summed E-state index contributed by atoms with van der Waals surface area (Å²) in [7, 11) is 0. The number of hydrogen-bond donors (Lipinski definition) is 1. The molecule has 2 heterocycles. The number of carbonyl (C=O) groups excluding carboxylic acids is 1. The minimum atomic E-state index is -0.163. The van der Waals surface area contributed by atoms with Gasteiger partial charge in [-0.15, -0.1) is 0 Å². The first-order chi connectivity index (χ1) is 8.13. The summed E-state index contributed by atoms with van der Waals surface area (Å²) in [6, 6.07) is 1.02. The van der Waals surface area contributed by atoms with E-state index in [0.29, 0.717) is 12.1 Å². The zero-order valence-corrected chi connectivity index (χ0v) is 11.1. The van der Waals surface area contributed by atoms with Crippen molar-refractivity contribution >= 4 is 5.91 Å². The van der Waals surface area contributed by atoms with Crippen molar-refractivity contribution in [3.8, 4) is 0 Å². The van der Waals surface area contributed by atoms with Gasteiger partial charge in [-0.1, -0.05) is 13.3 Å². The zero-order chi connectivity index (χ0) is 12.4. The van der Waals surface area contributed by atoms with Crippen LogP contribution in [0.4, 0.5) is 0 Å². The van der Waals surface area contributed by atoms with Gasteiger partial charge in [-0.2, -0.15) is 0 Å². The van der Waals surface area contributed by atoms with E-state index < -0.39 is 0 Å². The maximum Gasteiger partial charge on any atom is 0.234 e. The molecule has 2 aliphatic heterocycles. The quantitative estimate of drug-likeness (QED) is 0.793. The second-order valence-electron chi connectivity index (χ2n) is 5.52. The molecule has 0 aliphatic carbocycles. The summed E-state index contributed by atoms with van der Waals surface area (Å²) >= 11 is 0. The molecule has 2 N–H and O–H groups in total. The largest absolute Gasteiger partial charge is 0.368 e. The fraction of sp³-hybridized carbons (Fsp3) is 0.923. The van der Waals surface area contributed by atoms with Gasteiger partial charge in [0, 0.05) is 25.2 Å². The molecule has 2 fully saturated rings. The first kappa shape index (κ1) is 12.8. The molecule has 4 nitrogen and oxygen atoms in total. The van der Waals surface area contributed by atoms with Crippen LogP contribution in [-0.4, -0.2) is 53.5 Å². The molecule has 17 heavy (non-hydrogen) atoms. The van der Waals surface area contributed by atoms with Gasteiger partial charge in [0.15, 0.2) is 0 Å². The van der Waals surface area contributed by atoms with Crippen molar-refractivity contribution in [2.75, 3.05) is 19.6 Å². The highest BCUT2D eigenvalue weighted by atomic mass is 16.1. The normalized spacial score (nSPS) is 33.1. The Morgan fingerprint density at radius 2 is 2.18 bits per heavy atom. The Morgan fingerprint density at radius 3 is 2.82 bits per heavy atom. The molecule has 2 aliphatic rings. The first-order valence-electron chi connectivity index (χ1n) is 6.92. The predicted molar refractivity (Wildman–Crippen MR) is 68.7 cm³/mol. The van der Waals surface area contributed by atoms with Crippen LogP contribution in [0.25, 0.3) is 0 Å². The van der Waals surface area contributed by atoms with Crippen LogP contribution in [0.3, 0.4) is 0 Å². The monoisotopic (exact) mass is 239 g/mol. The molecule has 0 radical (unpaired) electrons. The number of hydrogen-bond acceptors (Lipinski definition) is 3. The molecule has 0 aromatic rings. The Balaban J connectivity index is 2.05. The molecule has 0 bridgehead atoms. The van der Waals surface area contributed by atoms with Crippen molar-refractivity contribution in [2.45, 2.75) is 57.7 Å². The number of nitrogens with two attached hydrogens (primary N) is 1. The fourth-order valence-corrected chi connectivity index (χ4v) is 3.41. The van der Waals surface area contributed by atoms with E-state index in [9.17, 15) is 4.79 Å². The number of primary amides is 1. The summed E-state index contributed by atoms with van der Waals surface area (Å²) in [5.41, 5.74) is 5.51. The molecular formula is C13H25N3O. The van der Waals surface area contributed by atoms with Crippen LogP contribution in [0.15, 0.2) is 0 Å². The highest BCUT2D eigenvalue weighted by Crippen LogP contribution is 2.25. The van der Waals surface area contributed by atoms with Crippen LogP contribution in [0, 0.1) is 0 Å². The van der Waals surface area contributed by atoms with Crippen LogP contribution >= 0.6 is 0 Å². The molecule has 98 valence electrons. The standard InChI is InChI=1S/C13H25N3O/c1-3-12(13(14)17)16-9-11-6-4-5-7-15(11)8-10(16)2/h10-12H,3-9H2,1-2H3,(H2,14,17). The summed E-state index contributed by atoms with van der Waals surface area (Å²) in [6.45, 7) is 7.61. The molecule has 0 aromatic carbocycles. The van der Waals surface area contributed by atoms with Gasteiger partial charge in [-0.25, -0.2) is 0 Å². The Bertz CT molecular complexity index is 282. The summed E-state index contributed by atoms with van der Waals surface area (Å²) in [6.07, 6.45) is 4.76. The molecule has 1 amide bonds. The second-order valence-corrected chi connectivity index (χ2v) is 5.52. The number of rotatable bonds is 3. The number of carbonyl (C=O) groups is 1. The van der Waals surface area contributed by atoms with Gasteiger partial charge < -0.3 is 5.73 Å². The summed E-state index contributed by atoms with van der Waals surface area (Å²) in [4.78, 5) is 16.4. The maximum atomic E-state index is 11.5. The highest BCUT2D eigenvalue weighted by Gasteiger charge is 2.37. The molecule has 3 unspecified atom stereocenters. The molecule has 2 saturated heterocycles. The number of amides is 1. The van der Waals surface area contributed by atoms with Crippen molar-refractivity contribution in [1.29, 1.82) is 0 Å². The number of nitrogens with zero attached hydrogens (tertiary/aromatic N) is 2. The molecule has 0 spiro atoms.